The van der Waals surface area contributed by atoms with E-state index >= 15 is 0 Å². The molecule has 1 atom stereocenters. The van der Waals surface area contributed by atoms with E-state index in [4.69, 9.17) is 0 Å². The number of halogens is 2. The van der Waals surface area contributed by atoms with Crippen LogP contribution in [-0.2, 0) is 4.79 Å². The molecular formula is C14H12Br2N2OS. The highest BCUT2D eigenvalue weighted by Crippen LogP contribution is 2.32. The molecule has 1 unspecified atom stereocenters. The van der Waals surface area contributed by atoms with Crippen molar-refractivity contribution < 1.29 is 4.79 Å². The number of amides is 1. The van der Waals surface area contributed by atoms with E-state index in [-0.39, 0.29) is 5.91 Å². The summed E-state index contributed by atoms with van der Waals surface area (Å²) < 4.78 is 1.05. The second kappa shape index (κ2) is 5.95. The summed E-state index contributed by atoms with van der Waals surface area (Å²) in [6, 6.07) is 8.04. The lowest BCUT2D eigenvalue weighted by Gasteiger charge is -2.11. The molecule has 1 aliphatic rings. The Balaban J connectivity index is 1.83. The molecule has 20 heavy (non-hydrogen) atoms. The van der Waals surface area contributed by atoms with E-state index in [2.05, 4.69) is 36.8 Å². The first-order valence-corrected chi connectivity index (χ1v) is 9.04. The summed E-state index contributed by atoms with van der Waals surface area (Å²) >= 11 is 8.41. The Morgan fingerprint density at radius 1 is 1.35 bits per heavy atom. The maximum Gasteiger partial charge on any atom is 0.229 e. The number of carbonyl (C=O) groups excluding carboxylic acids is 1. The zero-order valence-electron chi connectivity index (χ0n) is 10.6. The molecule has 1 amide bonds. The van der Waals surface area contributed by atoms with Crippen molar-refractivity contribution in [1.29, 1.82) is 0 Å². The van der Waals surface area contributed by atoms with Crippen molar-refractivity contribution in [3.63, 3.8) is 0 Å². The third-order valence-electron chi connectivity index (χ3n) is 3.29. The summed E-state index contributed by atoms with van der Waals surface area (Å²) in [5.41, 5.74) is 1.99. The number of thiazole rings is 1. The molecule has 104 valence electrons. The lowest BCUT2D eigenvalue weighted by atomic mass is 10.2. The zero-order valence-corrected chi connectivity index (χ0v) is 14.5. The smallest absolute Gasteiger partial charge is 0.229 e. The van der Waals surface area contributed by atoms with Crippen molar-refractivity contribution in [2.75, 3.05) is 16.8 Å². The Bertz CT molecular complexity index is 626. The minimum absolute atomic E-state index is 0.172. The Morgan fingerprint density at radius 2 is 2.10 bits per heavy atom. The lowest BCUT2D eigenvalue weighted by molar-refractivity contribution is -0.117. The van der Waals surface area contributed by atoms with Crippen LogP contribution in [0.2, 0.25) is 0 Å². The number of hydrogen-bond donors (Lipinski definition) is 0. The zero-order chi connectivity index (χ0) is 14.1. The molecule has 1 aromatic carbocycles. The molecule has 0 radical (unpaired) electrons. The summed E-state index contributed by atoms with van der Waals surface area (Å²) in [6.07, 6.45) is 0.610. The average molecular weight is 416 g/mol. The molecule has 6 heteroatoms. The van der Waals surface area contributed by atoms with Gasteiger partial charge in [-0.1, -0.05) is 44.0 Å². The van der Waals surface area contributed by atoms with Crippen molar-refractivity contribution in [2.24, 2.45) is 5.92 Å². The van der Waals surface area contributed by atoms with Crippen LogP contribution in [0.15, 0.2) is 34.1 Å². The fourth-order valence-corrected chi connectivity index (χ4v) is 3.77. The van der Waals surface area contributed by atoms with Gasteiger partial charge in [-0.2, -0.15) is 0 Å². The molecule has 1 aromatic heterocycles. The molecule has 2 heterocycles. The van der Waals surface area contributed by atoms with Gasteiger partial charge in [0, 0.05) is 33.7 Å². The van der Waals surface area contributed by atoms with Crippen LogP contribution in [0.25, 0.3) is 11.3 Å². The van der Waals surface area contributed by atoms with Gasteiger partial charge in [-0.3, -0.25) is 9.69 Å². The van der Waals surface area contributed by atoms with Crippen molar-refractivity contribution in [1.82, 2.24) is 4.98 Å². The minimum Gasteiger partial charge on any atom is -0.288 e. The molecule has 0 bridgehead atoms. The standard InChI is InChI=1S/C14H12Br2N2OS/c15-6-9-5-13(19)18(7-9)14-17-12(8-20-14)10-1-3-11(16)4-2-10/h1-4,8-9H,5-7H2. The second-order valence-corrected chi connectivity index (χ2v) is 7.15. The molecule has 1 fully saturated rings. The fourth-order valence-electron chi connectivity index (χ4n) is 2.21. The van der Waals surface area contributed by atoms with Gasteiger partial charge in [-0.05, 0) is 18.1 Å². The van der Waals surface area contributed by atoms with Crippen LogP contribution in [0.3, 0.4) is 0 Å². The topological polar surface area (TPSA) is 33.2 Å². The lowest BCUT2D eigenvalue weighted by Crippen LogP contribution is -2.24. The molecule has 0 saturated carbocycles. The van der Waals surface area contributed by atoms with E-state index in [0.717, 1.165) is 32.7 Å². The van der Waals surface area contributed by atoms with Crippen molar-refractivity contribution in [3.05, 3.63) is 34.1 Å². The molecule has 3 rings (SSSR count). The average Bonchev–Trinajstić information content (AvgIpc) is 3.06. The number of rotatable bonds is 3. The predicted molar refractivity (Wildman–Crippen MR) is 89.5 cm³/mol. The van der Waals surface area contributed by atoms with E-state index < -0.39 is 0 Å². The largest absolute Gasteiger partial charge is 0.288 e. The van der Waals surface area contributed by atoms with Gasteiger partial charge in [-0.15, -0.1) is 11.3 Å². The molecule has 1 aliphatic heterocycles. The number of aromatic nitrogens is 1. The van der Waals surface area contributed by atoms with Crippen LogP contribution in [-0.4, -0.2) is 22.8 Å². The van der Waals surface area contributed by atoms with Gasteiger partial charge in [0.1, 0.15) is 0 Å². The van der Waals surface area contributed by atoms with E-state index in [0.29, 0.717) is 12.3 Å². The van der Waals surface area contributed by atoms with Crippen LogP contribution in [0, 0.1) is 5.92 Å². The number of alkyl halides is 1. The molecule has 2 aromatic rings. The molecule has 3 nitrogen and oxygen atoms in total. The third kappa shape index (κ3) is 2.82. The Hall–Kier alpha value is -0.720. The second-order valence-electron chi connectivity index (χ2n) is 4.75. The van der Waals surface area contributed by atoms with Crippen LogP contribution >= 0.6 is 43.2 Å². The third-order valence-corrected chi connectivity index (χ3v) is 5.59. The molecule has 1 saturated heterocycles. The van der Waals surface area contributed by atoms with Crippen LogP contribution in [0.1, 0.15) is 6.42 Å². The van der Waals surface area contributed by atoms with Gasteiger partial charge < -0.3 is 0 Å². The van der Waals surface area contributed by atoms with Gasteiger partial charge in [0.05, 0.1) is 5.69 Å². The summed E-state index contributed by atoms with van der Waals surface area (Å²) in [5.74, 6) is 0.564. The summed E-state index contributed by atoms with van der Waals surface area (Å²) in [7, 11) is 0. The normalized spacial score (nSPS) is 18.8. The monoisotopic (exact) mass is 414 g/mol. The number of carbonyl (C=O) groups is 1. The van der Waals surface area contributed by atoms with Crippen LogP contribution < -0.4 is 4.90 Å². The van der Waals surface area contributed by atoms with Gasteiger partial charge in [-0.25, -0.2) is 4.98 Å². The summed E-state index contributed by atoms with van der Waals surface area (Å²) in [6.45, 7) is 0.761. The quantitative estimate of drug-likeness (QED) is 0.699. The summed E-state index contributed by atoms with van der Waals surface area (Å²) in [4.78, 5) is 18.4. The highest BCUT2D eigenvalue weighted by Gasteiger charge is 2.31. The maximum atomic E-state index is 12.0. The maximum absolute atomic E-state index is 12.0. The van der Waals surface area contributed by atoms with Gasteiger partial charge >= 0.3 is 0 Å². The van der Waals surface area contributed by atoms with E-state index in [9.17, 15) is 4.79 Å². The molecular weight excluding hydrogens is 404 g/mol. The summed E-state index contributed by atoms with van der Waals surface area (Å²) in [5, 5.41) is 3.67. The first-order chi connectivity index (χ1) is 9.67. The number of anilines is 1. The number of benzene rings is 1. The highest BCUT2D eigenvalue weighted by molar-refractivity contribution is 9.10. The van der Waals surface area contributed by atoms with Crippen molar-refractivity contribution in [3.8, 4) is 11.3 Å². The first kappa shape index (κ1) is 14.2. The van der Waals surface area contributed by atoms with Crippen molar-refractivity contribution in [2.45, 2.75) is 6.42 Å². The first-order valence-electron chi connectivity index (χ1n) is 6.25. The Morgan fingerprint density at radius 3 is 2.75 bits per heavy atom. The van der Waals surface area contributed by atoms with E-state index in [1.165, 1.54) is 11.3 Å². The highest BCUT2D eigenvalue weighted by atomic mass is 79.9. The molecule has 0 aliphatic carbocycles. The number of nitrogens with zero attached hydrogens (tertiary/aromatic N) is 2. The van der Waals surface area contributed by atoms with Crippen LogP contribution in [0.4, 0.5) is 5.13 Å². The van der Waals surface area contributed by atoms with Gasteiger partial charge in [0.2, 0.25) is 5.91 Å². The van der Waals surface area contributed by atoms with E-state index in [1.807, 2.05) is 29.6 Å². The fraction of sp³-hybridized carbons (Fsp3) is 0.286. The van der Waals surface area contributed by atoms with Crippen LogP contribution in [0.5, 0.6) is 0 Å². The molecule has 0 spiro atoms. The van der Waals surface area contributed by atoms with Crippen molar-refractivity contribution >= 4 is 54.2 Å². The van der Waals surface area contributed by atoms with Gasteiger partial charge in [0.15, 0.2) is 5.13 Å². The Labute approximate surface area is 138 Å². The number of hydrogen-bond acceptors (Lipinski definition) is 3. The molecule has 0 N–H and O–H groups in total. The SMILES string of the molecule is O=C1CC(CBr)CN1c1nc(-c2ccc(Br)cc2)cs1. The van der Waals surface area contributed by atoms with Gasteiger partial charge in [0.25, 0.3) is 0 Å². The predicted octanol–water partition coefficient (Wildman–Crippen LogP) is 4.32. The Kier molecular flexibility index (Phi) is 4.23. The minimum atomic E-state index is 0.172. The van der Waals surface area contributed by atoms with E-state index in [1.54, 1.807) is 4.90 Å².